The van der Waals surface area contributed by atoms with Gasteiger partial charge in [0, 0.05) is 9.86 Å². The highest BCUT2D eigenvalue weighted by molar-refractivity contribution is 9.10. The molecule has 0 unspecified atom stereocenters. The molecule has 0 aliphatic heterocycles. The highest BCUT2D eigenvalue weighted by Gasteiger charge is 2.08. The van der Waals surface area contributed by atoms with Crippen molar-refractivity contribution in [3.05, 3.63) is 58.3 Å². The summed E-state index contributed by atoms with van der Waals surface area (Å²) in [5.41, 5.74) is 7.65. The van der Waals surface area contributed by atoms with Crippen LogP contribution in [0.3, 0.4) is 0 Å². The number of rotatable bonds is 2. The normalized spacial score (nSPS) is 11.1. The minimum Gasteiger partial charge on any atom is -0.382 e. The maximum atomic E-state index is 13.4. The topological polar surface area (TPSA) is 43.8 Å². The molecule has 3 rings (SSSR count). The van der Waals surface area contributed by atoms with Gasteiger partial charge in [-0.05, 0) is 35.9 Å². The molecule has 0 bridgehead atoms. The molecule has 96 valence electrons. The Balaban J connectivity index is 2.06. The van der Waals surface area contributed by atoms with E-state index in [0.29, 0.717) is 16.8 Å². The van der Waals surface area contributed by atoms with E-state index in [4.69, 9.17) is 5.73 Å². The van der Waals surface area contributed by atoms with Crippen molar-refractivity contribution in [2.24, 2.45) is 0 Å². The van der Waals surface area contributed by atoms with Crippen molar-refractivity contribution in [1.82, 2.24) is 9.78 Å². The molecule has 2 N–H and O–H groups in total. The molecule has 0 fully saturated rings. The van der Waals surface area contributed by atoms with Crippen LogP contribution in [0.15, 0.2) is 46.9 Å². The number of fused-ring (bicyclic) bond motifs is 1. The van der Waals surface area contributed by atoms with Crippen LogP contribution in [0.25, 0.3) is 10.9 Å². The van der Waals surface area contributed by atoms with Gasteiger partial charge in [0.15, 0.2) is 5.82 Å². The average Bonchev–Trinajstić information content (AvgIpc) is 2.66. The van der Waals surface area contributed by atoms with Gasteiger partial charge in [-0.25, -0.2) is 4.39 Å². The third-order valence-corrected chi connectivity index (χ3v) is 3.40. The SMILES string of the molecule is Nc1nn(Cc2cc(F)cc(Br)c2)c2ccccc12. The minimum absolute atomic E-state index is 0.270. The number of benzene rings is 2. The summed E-state index contributed by atoms with van der Waals surface area (Å²) in [6.45, 7) is 0.480. The van der Waals surface area contributed by atoms with Crippen LogP contribution in [0.2, 0.25) is 0 Å². The fourth-order valence-corrected chi connectivity index (χ4v) is 2.66. The number of anilines is 1. The number of hydrogen-bond donors (Lipinski definition) is 1. The second kappa shape index (κ2) is 4.66. The summed E-state index contributed by atoms with van der Waals surface area (Å²) in [5, 5.41) is 5.22. The lowest BCUT2D eigenvalue weighted by Crippen LogP contribution is -2.02. The van der Waals surface area contributed by atoms with Gasteiger partial charge in [-0.1, -0.05) is 28.1 Å². The molecule has 0 spiro atoms. The summed E-state index contributed by atoms with van der Waals surface area (Å²) >= 11 is 3.29. The van der Waals surface area contributed by atoms with E-state index in [0.717, 1.165) is 16.5 Å². The molecule has 0 aliphatic rings. The second-order valence-electron chi connectivity index (χ2n) is 4.34. The fourth-order valence-electron chi connectivity index (χ4n) is 2.15. The Bertz CT molecular complexity index is 731. The van der Waals surface area contributed by atoms with Gasteiger partial charge in [-0.15, -0.1) is 0 Å². The third kappa shape index (κ3) is 2.33. The van der Waals surface area contributed by atoms with Gasteiger partial charge < -0.3 is 5.73 Å². The summed E-state index contributed by atoms with van der Waals surface area (Å²) in [6.07, 6.45) is 0. The van der Waals surface area contributed by atoms with Gasteiger partial charge >= 0.3 is 0 Å². The number of hydrogen-bond acceptors (Lipinski definition) is 2. The lowest BCUT2D eigenvalue weighted by atomic mass is 10.2. The molecule has 19 heavy (non-hydrogen) atoms. The van der Waals surface area contributed by atoms with E-state index in [9.17, 15) is 4.39 Å². The van der Waals surface area contributed by atoms with E-state index in [-0.39, 0.29) is 5.82 Å². The van der Waals surface area contributed by atoms with Crippen LogP contribution >= 0.6 is 15.9 Å². The third-order valence-electron chi connectivity index (χ3n) is 2.94. The van der Waals surface area contributed by atoms with Crippen molar-refractivity contribution in [3.63, 3.8) is 0 Å². The Morgan fingerprint density at radius 2 is 2.00 bits per heavy atom. The largest absolute Gasteiger partial charge is 0.382 e. The van der Waals surface area contributed by atoms with Gasteiger partial charge in [0.1, 0.15) is 5.82 Å². The zero-order valence-electron chi connectivity index (χ0n) is 9.98. The quantitative estimate of drug-likeness (QED) is 0.784. The highest BCUT2D eigenvalue weighted by atomic mass is 79.9. The van der Waals surface area contributed by atoms with E-state index in [1.165, 1.54) is 12.1 Å². The molecule has 3 nitrogen and oxygen atoms in total. The number of para-hydroxylation sites is 1. The van der Waals surface area contributed by atoms with Gasteiger partial charge in [0.25, 0.3) is 0 Å². The van der Waals surface area contributed by atoms with Gasteiger partial charge in [-0.3, -0.25) is 4.68 Å². The maximum absolute atomic E-state index is 13.4. The Morgan fingerprint density at radius 3 is 2.79 bits per heavy atom. The minimum atomic E-state index is -0.270. The molecule has 0 saturated carbocycles. The monoisotopic (exact) mass is 319 g/mol. The molecule has 0 amide bonds. The number of nitrogens with two attached hydrogens (primary N) is 1. The number of aromatic nitrogens is 2. The van der Waals surface area contributed by atoms with Crippen molar-refractivity contribution in [3.8, 4) is 0 Å². The van der Waals surface area contributed by atoms with E-state index >= 15 is 0 Å². The van der Waals surface area contributed by atoms with E-state index in [2.05, 4.69) is 21.0 Å². The predicted octanol–water partition coefficient (Wildman–Crippen LogP) is 3.57. The molecule has 0 atom stereocenters. The Hall–Kier alpha value is -1.88. The first-order valence-electron chi connectivity index (χ1n) is 5.79. The molecular weight excluding hydrogens is 309 g/mol. The van der Waals surface area contributed by atoms with Crippen molar-refractivity contribution in [2.45, 2.75) is 6.54 Å². The van der Waals surface area contributed by atoms with Crippen LogP contribution in [0.5, 0.6) is 0 Å². The van der Waals surface area contributed by atoms with Crippen LogP contribution in [0.1, 0.15) is 5.56 Å². The van der Waals surface area contributed by atoms with E-state index < -0.39 is 0 Å². The predicted molar refractivity (Wildman–Crippen MR) is 77.3 cm³/mol. The first-order valence-corrected chi connectivity index (χ1v) is 6.59. The van der Waals surface area contributed by atoms with Crippen LogP contribution in [-0.2, 0) is 6.54 Å². The van der Waals surface area contributed by atoms with Gasteiger partial charge in [0.05, 0.1) is 12.1 Å². The Morgan fingerprint density at radius 1 is 1.21 bits per heavy atom. The van der Waals surface area contributed by atoms with Crippen LogP contribution in [0, 0.1) is 5.82 Å². The van der Waals surface area contributed by atoms with Crippen LogP contribution in [0.4, 0.5) is 10.2 Å². The molecule has 0 saturated heterocycles. The Labute approximate surface area is 118 Å². The smallest absolute Gasteiger partial charge is 0.153 e. The average molecular weight is 320 g/mol. The van der Waals surface area contributed by atoms with Crippen molar-refractivity contribution in [2.75, 3.05) is 5.73 Å². The molecule has 1 aromatic heterocycles. The second-order valence-corrected chi connectivity index (χ2v) is 5.25. The number of nitrogens with zero attached hydrogens (tertiary/aromatic N) is 2. The summed E-state index contributed by atoms with van der Waals surface area (Å²) in [6, 6.07) is 12.5. The first-order chi connectivity index (χ1) is 9.13. The molecule has 1 heterocycles. The van der Waals surface area contributed by atoms with E-state index in [1.54, 1.807) is 4.68 Å². The molecule has 0 radical (unpaired) electrons. The molecular formula is C14H11BrFN3. The first kappa shape index (κ1) is 12.2. The standard InChI is InChI=1S/C14H11BrFN3/c15-10-5-9(6-11(16)7-10)8-19-13-4-2-1-3-12(13)14(17)18-19/h1-7H,8H2,(H2,17,18). The van der Waals surface area contributed by atoms with Crippen molar-refractivity contribution in [1.29, 1.82) is 0 Å². The molecule has 2 aromatic carbocycles. The lowest BCUT2D eigenvalue weighted by molar-refractivity contribution is 0.620. The summed E-state index contributed by atoms with van der Waals surface area (Å²) < 4.78 is 15.9. The van der Waals surface area contributed by atoms with Crippen LogP contribution < -0.4 is 5.73 Å². The molecule has 0 aliphatic carbocycles. The van der Waals surface area contributed by atoms with Crippen LogP contribution in [-0.4, -0.2) is 9.78 Å². The summed E-state index contributed by atoms with van der Waals surface area (Å²) in [7, 11) is 0. The van der Waals surface area contributed by atoms with Crippen molar-refractivity contribution < 1.29 is 4.39 Å². The van der Waals surface area contributed by atoms with Gasteiger partial charge in [0.2, 0.25) is 0 Å². The highest BCUT2D eigenvalue weighted by Crippen LogP contribution is 2.22. The van der Waals surface area contributed by atoms with Crippen molar-refractivity contribution >= 4 is 32.7 Å². The summed E-state index contributed by atoms with van der Waals surface area (Å²) in [4.78, 5) is 0. The zero-order valence-corrected chi connectivity index (χ0v) is 11.6. The van der Waals surface area contributed by atoms with E-state index in [1.807, 2.05) is 30.3 Å². The molecule has 3 aromatic rings. The maximum Gasteiger partial charge on any atom is 0.153 e. The fraction of sp³-hybridized carbons (Fsp3) is 0.0714. The zero-order chi connectivity index (χ0) is 13.4. The lowest BCUT2D eigenvalue weighted by Gasteiger charge is -2.05. The summed E-state index contributed by atoms with van der Waals surface area (Å²) in [5.74, 6) is 0.222. The van der Waals surface area contributed by atoms with Gasteiger partial charge in [-0.2, -0.15) is 5.10 Å². The molecule has 5 heteroatoms. The number of halogens is 2. The number of nitrogen functional groups attached to an aromatic ring is 1. The Kier molecular flexibility index (Phi) is 2.98.